The molecule has 0 saturated carbocycles. The summed E-state index contributed by atoms with van der Waals surface area (Å²) in [5, 5.41) is 16.8. The Morgan fingerprint density at radius 1 is 1.18 bits per heavy atom. The summed E-state index contributed by atoms with van der Waals surface area (Å²) in [6.07, 6.45) is 5.58. The Bertz CT molecular complexity index is 1380. The Hall–Kier alpha value is -3.48. The van der Waals surface area contributed by atoms with Gasteiger partial charge in [-0.25, -0.2) is 0 Å². The summed E-state index contributed by atoms with van der Waals surface area (Å²) in [5.41, 5.74) is 9.31. The molecule has 2 aromatic rings. The van der Waals surface area contributed by atoms with Gasteiger partial charge in [0.2, 0.25) is 11.8 Å². The van der Waals surface area contributed by atoms with E-state index in [0.717, 1.165) is 92.3 Å². The zero-order chi connectivity index (χ0) is 31.8. The highest BCUT2D eigenvalue weighted by Gasteiger charge is 2.29. The largest absolute Gasteiger partial charge is 0.494 e. The third kappa shape index (κ3) is 8.42. The first kappa shape index (κ1) is 32.9. The van der Waals surface area contributed by atoms with Gasteiger partial charge in [0.05, 0.1) is 29.8 Å². The van der Waals surface area contributed by atoms with Crippen LogP contribution >= 0.6 is 11.8 Å². The van der Waals surface area contributed by atoms with Gasteiger partial charge in [0.15, 0.2) is 0 Å². The van der Waals surface area contributed by atoms with E-state index >= 15 is 0 Å². The number of ether oxygens (including phenoxy) is 1. The lowest BCUT2D eigenvalue weighted by atomic mass is 10.1. The van der Waals surface area contributed by atoms with Crippen LogP contribution in [0.2, 0.25) is 0 Å². The molecule has 3 saturated heterocycles. The number of anilines is 1. The highest BCUT2D eigenvalue weighted by Crippen LogP contribution is 2.36. The van der Waals surface area contributed by atoms with Gasteiger partial charge >= 0.3 is 0 Å². The molecule has 0 spiro atoms. The maximum Gasteiger partial charge on any atom is 0.222 e. The number of nitrogens with zero attached hydrogens (tertiary/aromatic N) is 5. The number of aliphatic hydroxyl groups is 1. The lowest BCUT2D eigenvalue weighted by molar-refractivity contribution is -0.128. The van der Waals surface area contributed by atoms with E-state index in [-0.39, 0.29) is 30.4 Å². The number of piperidine rings is 1. The summed E-state index contributed by atoms with van der Waals surface area (Å²) in [5.74, 6) is 0.862. The molecule has 1 unspecified atom stereocenters. The summed E-state index contributed by atoms with van der Waals surface area (Å²) in [4.78, 5) is 38.6. The predicted molar refractivity (Wildman–Crippen MR) is 180 cm³/mol. The number of nitrogens with one attached hydrogen (secondary N) is 1. The minimum absolute atomic E-state index is 0.0853. The number of pyridine rings is 1. The van der Waals surface area contributed by atoms with Gasteiger partial charge in [-0.05, 0) is 49.3 Å². The highest BCUT2D eigenvalue weighted by atomic mass is 32.2. The number of fused-ring (bicyclic) bond motifs is 1. The van der Waals surface area contributed by atoms with Crippen molar-refractivity contribution in [2.45, 2.75) is 50.7 Å². The van der Waals surface area contributed by atoms with E-state index in [9.17, 15) is 14.7 Å². The van der Waals surface area contributed by atoms with Crippen LogP contribution < -0.4 is 20.7 Å². The van der Waals surface area contributed by atoms with Crippen molar-refractivity contribution in [1.82, 2.24) is 25.0 Å². The Morgan fingerprint density at radius 2 is 2.00 bits per heavy atom. The number of amides is 2. The monoisotopic (exact) mass is 637 g/mol. The predicted octanol–water partition coefficient (Wildman–Crippen LogP) is 2.71. The number of thioether (sulfide) groups is 1. The third-order valence-electron chi connectivity index (χ3n) is 9.01. The fourth-order valence-electron chi connectivity index (χ4n) is 6.43. The van der Waals surface area contributed by atoms with Crippen molar-refractivity contribution in [1.29, 1.82) is 0 Å². The number of carbonyl (C=O) groups is 2. The average molecular weight is 638 g/mol. The van der Waals surface area contributed by atoms with E-state index in [1.807, 2.05) is 34.7 Å². The minimum Gasteiger partial charge on any atom is -0.494 e. The lowest BCUT2D eigenvalue weighted by Gasteiger charge is -2.33. The Kier molecular flexibility index (Phi) is 11.5. The first-order valence-corrected chi connectivity index (χ1v) is 16.9. The van der Waals surface area contributed by atoms with Gasteiger partial charge in [-0.2, -0.15) is 0 Å². The van der Waals surface area contributed by atoms with Gasteiger partial charge in [-0.15, -0.1) is 0 Å². The van der Waals surface area contributed by atoms with Gasteiger partial charge in [-0.3, -0.25) is 19.5 Å². The zero-order valence-electron chi connectivity index (χ0n) is 26.3. The molecule has 3 fully saturated rings. The number of hydrogen-bond donors (Lipinski definition) is 3. The standard InChI is InChI=1S/C33H47N7O4S/c1-24(37-17-10-26(41)11-18-37)45-23-27(34)28(22-30(42)35-13-19-39-14-4-7-31(39)43)38-15-5-16-40(21-20-38)33-29(44-2)9-8-25-6-3-12-36-32(25)33/h3,6,8-9,12,23,26,28,41H,1,4-5,7,10-11,13-22,34H2,2H3,(H,35,42)/b27-23-. The topological polar surface area (TPSA) is 128 Å². The van der Waals surface area contributed by atoms with Crippen LogP contribution in [-0.2, 0) is 9.59 Å². The van der Waals surface area contributed by atoms with E-state index in [4.69, 9.17) is 15.5 Å². The summed E-state index contributed by atoms with van der Waals surface area (Å²) in [6, 6.07) is 7.74. The third-order valence-corrected chi connectivity index (χ3v) is 9.93. The molecule has 1 atom stereocenters. The molecule has 3 aliphatic rings. The van der Waals surface area contributed by atoms with Crippen LogP contribution in [0.1, 0.15) is 38.5 Å². The minimum atomic E-state index is -0.297. The van der Waals surface area contributed by atoms with Crippen molar-refractivity contribution < 1.29 is 19.4 Å². The molecule has 4 heterocycles. The van der Waals surface area contributed by atoms with Crippen LogP contribution in [0.3, 0.4) is 0 Å². The Balaban J connectivity index is 1.29. The van der Waals surface area contributed by atoms with Crippen molar-refractivity contribution in [3.63, 3.8) is 0 Å². The average Bonchev–Trinajstić information content (AvgIpc) is 3.31. The fourth-order valence-corrected chi connectivity index (χ4v) is 7.20. The molecule has 2 amide bonds. The quantitative estimate of drug-likeness (QED) is 0.320. The maximum atomic E-state index is 13.3. The van der Waals surface area contributed by atoms with Gasteiger partial charge < -0.3 is 35.6 Å². The number of nitrogens with two attached hydrogens (primary N) is 1. The first-order chi connectivity index (χ1) is 21.8. The summed E-state index contributed by atoms with van der Waals surface area (Å²) >= 11 is 1.48. The van der Waals surface area contributed by atoms with E-state index < -0.39 is 0 Å². The zero-order valence-corrected chi connectivity index (χ0v) is 27.1. The Morgan fingerprint density at radius 3 is 2.76 bits per heavy atom. The van der Waals surface area contributed by atoms with E-state index in [2.05, 4.69) is 32.7 Å². The van der Waals surface area contributed by atoms with Gasteiger partial charge in [0, 0.05) is 89.0 Å². The van der Waals surface area contributed by atoms with Gasteiger partial charge in [0.1, 0.15) is 11.4 Å². The summed E-state index contributed by atoms with van der Waals surface area (Å²) in [6.45, 7) is 10.5. The number of benzene rings is 1. The molecule has 3 aliphatic heterocycles. The van der Waals surface area contributed by atoms with Crippen LogP contribution in [0.4, 0.5) is 5.69 Å². The molecule has 1 aromatic heterocycles. The fraction of sp³-hybridized carbons (Fsp3) is 0.545. The van der Waals surface area contributed by atoms with Crippen molar-refractivity contribution in [3.8, 4) is 5.75 Å². The summed E-state index contributed by atoms with van der Waals surface area (Å²) in [7, 11) is 1.69. The number of carbonyl (C=O) groups excluding carboxylic acids is 2. The van der Waals surface area contributed by atoms with Crippen molar-refractivity contribution in [3.05, 3.63) is 53.2 Å². The molecule has 0 bridgehead atoms. The van der Waals surface area contributed by atoms with Crippen LogP contribution in [0.25, 0.3) is 10.9 Å². The van der Waals surface area contributed by atoms with E-state index in [1.54, 1.807) is 7.11 Å². The molecular weight excluding hydrogens is 590 g/mol. The maximum absolute atomic E-state index is 13.3. The van der Waals surface area contributed by atoms with Gasteiger partial charge in [-0.1, -0.05) is 24.4 Å². The van der Waals surface area contributed by atoms with Crippen molar-refractivity contribution in [2.75, 3.05) is 70.9 Å². The van der Waals surface area contributed by atoms with E-state index in [0.29, 0.717) is 31.8 Å². The molecule has 244 valence electrons. The lowest BCUT2D eigenvalue weighted by Crippen LogP contribution is -2.45. The van der Waals surface area contributed by atoms with Crippen LogP contribution in [0, 0.1) is 0 Å². The summed E-state index contributed by atoms with van der Waals surface area (Å²) < 4.78 is 5.77. The van der Waals surface area contributed by atoms with E-state index in [1.165, 1.54) is 11.8 Å². The molecule has 0 radical (unpaired) electrons. The van der Waals surface area contributed by atoms with Crippen LogP contribution in [-0.4, -0.2) is 115 Å². The number of aromatic nitrogens is 1. The Labute approximate surface area is 270 Å². The second kappa shape index (κ2) is 15.7. The highest BCUT2D eigenvalue weighted by molar-refractivity contribution is 8.05. The van der Waals surface area contributed by atoms with Crippen LogP contribution in [0.15, 0.2) is 53.2 Å². The molecule has 4 N–H and O–H groups in total. The molecule has 0 aliphatic carbocycles. The number of rotatable bonds is 12. The van der Waals surface area contributed by atoms with Crippen molar-refractivity contribution >= 4 is 40.2 Å². The number of methoxy groups -OCH3 is 1. The SMILES string of the molecule is C=C(S/C=C(\N)C(CC(=O)NCCN1CCCC1=O)N1CCCN(c2c(OC)ccc3cccnc23)CC1)N1CCC(O)CC1. The first-order valence-electron chi connectivity index (χ1n) is 16.0. The normalized spacial score (nSPS) is 19.6. The molecular formula is C33H47N7O4S. The molecule has 12 heteroatoms. The number of aliphatic hydroxyl groups excluding tert-OH is 1. The molecule has 11 nitrogen and oxygen atoms in total. The van der Waals surface area contributed by atoms with Crippen LogP contribution in [0.5, 0.6) is 5.75 Å². The second-order valence-electron chi connectivity index (χ2n) is 12.0. The van der Waals surface area contributed by atoms with Gasteiger partial charge in [0.25, 0.3) is 0 Å². The second-order valence-corrected chi connectivity index (χ2v) is 12.9. The number of hydrogen-bond acceptors (Lipinski definition) is 10. The van der Waals surface area contributed by atoms with Crippen molar-refractivity contribution in [2.24, 2.45) is 5.73 Å². The molecule has 5 rings (SSSR count). The molecule has 45 heavy (non-hydrogen) atoms. The molecule has 1 aromatic carbocycles. The smallest absolute Gasteiger partial charge is 0.222 e. The number of likely N-dealkylation sites (tertiary alicyclic amines) is 2.